The maximum atomic E-state index is 12.9. The molecule has 0 saturated carbocycles. The molecule has 8 heteroatoms. The van der Waals surface area contributed by atoms with Gasteiger partial charge >= 0.3 is 0 Å². The van der Waals surface area contributed by atoms with Gasteiger partial charge in [0, 0.05) is 12.1 Å². The van der Waals surface area contributed by atoms with Crippen LogP contribution in [0.5, 0.6) is 5.75 Å². The second kappa shape index (κ2) is 9.18. The zero-order valence-corrected chi connectivity index (χ0v) is 15.5. The second-order valence-electron chi connectivity index (χ2n) is 5.62. The molecule has 27 heavy (non-hydrogen) atoms. The van der Waals surface area contributed by atoms with Crippen molar-refractivity contribution in [3.8, 4) is 17.2 Å². The lowest BCUT2D eigenvalue weighted by molar-refractivity contribution is -0.118. The number of hydrogen-bond donors (Lipinski definition) is 1. The third-order valence-electron chi connectivity index (χ3n) is 3.69. The van der Waals surface area contributed by atoms with Crippen LogP contribution >= 0.6 is 11.8 Å². The molecule has 1 amide bonds. The van der Waals surface area contributed by atoms with Crippen molar-refractivity contribution in [2.24, 2.45) is 0 Å². The zero-order valence-electron chi connectivity index (χ0n) is 14.6. The first kappa shape index (κ1) is 18.9. The van der Waals surface area contributed by atoms with E-state index in [1.165, 1.54) is 12.1 Å². The lowest BCUT2D eigenvalue weighted by Crippen LogP contribution is -2.27. The minimum absolute atomic E-state index is 0.121. The quantitative estimate of drug-likeness (QED) is 0.598. The van der Waals surface area contributed by atoms with Gasteiger partial charge in [0.25, 0.3) is 5.22 Å². The summed E-state index contributed by atoms with van der Waals surface area (Å²) in [5.74, 6) is 0.796. The number of nitrogens with zero attached hydrogens (tertiary/aromatic N) is 2. The predicted molar refractivity (Wildman–Crippen MR) is 100 cm³/mol. The number of amides is 1. The maximum Gasteiger partial charge on any atom is 0.277 e. The number of benzene rings is 2. The number of rotatable bonds is 8. The fourth-order valence-corrected chi connectivity index (χ4v) is 2.92. The molecule has 3 rings (SSSR count). The number of nitrogens with one attached hydrogen (secondary N) is 1. The van der Waals surface area contributed by atoms with E-state index in [4.69, 9.17) is 9.15 Å². The Kier molecular flexibility index (Phi) is 6.43. The highest BCUT2D eigenvalue weighted by Crippen LogP contribution is 2.23. The third-order valence-corrected chi connectivity index (χ3v) is 4.51. The van der Waals surface area contributed by atoms with Gasteiger partial charge in [0.05, 0.1) is 12.9 Å². The molecule has 0 fully saturated rings. The molecule has 0 saturated heterocycles. The fourth-order valence-electron chi connectivity index (χ4n) is 2.33. The maximum absolute atomic E-state index is 12.9. The molecule has 1 heterocycles. The summed E-state index contributed by atoms with van der Waals surface area (Å²) < 4.78 is 23.6. The van der Waals surface area contributed by atoms with Crippen molar-refractivity contribution in [1.29, 1.82) is 0 Å². The zero-order chi connectivity index (χ0) is 19.1. The molecular formula is C19H18FN3O3S. The van der Waals surface area contributed by atoms with Crippen molar-refractivity contribution in [3.63, 3.8) is 0 Å². The van der Waals surface area contributed by atoms with Crippen molar-refractivity contribution in [2.45, 2.75) is 11.6 Å². The van der Waals surface area contributed by atoms with Gasteiger partial charge in [-0.2, -0.15) is 0 Å². The molecule has 1 aromatic heterocycles. The van der Waals surface area contributed by atoms with Crippen molar-refractivity contribution in [2.75, 3.05) is 19.4 Å². The van der Waals surface area contributed by atoms with E-state index in [1.807, 2.05) is 24.3 Å². The Bertz CT molecular complexity index is 899. The Labute approximate surface area is 160 Å². The van der Waals surface area contributed by atoms with Crippen LogP contribution in [0.15, 0.2) is 58.2 Å². The first-order valence-electron chi connectivity index (χ1n) is 8.26. The lowest BCUT2D eigenvalue weighted by atomic mass is 10.1. The van der Waals surface area contributed by atoms with E-state index in [9.17, 15) is 9.18 Å². The Balaban J connectivity index is 1.43. The molecule has 0 aliphatic rings. The summed E-state index contributed by atoms with van der Waals surface area (Å²) >= 11 is 1.15. The van der Waals surface area contributed by atoms with E-state index >= 15 is 0 Å². The predicted octanol–water partition coefficient (Wildman–Crippen LogP) is 3.34. The highest BCUT2D eigenvalue weighted by molar-refractivity contribution is 7.99. The Hall–Kier alpha value is -2.87. The van der Waals surface area contributed by atoms with Crippen LogP contribution in [0.2, 0.25) is 0 Å². The number of aromatic nitrogens is 2. The van der Waals surface area contributed by atoms with Gasteiger partial charge in [-0.15, -0.1) is 10.2 Å². The Morgan fingerprint density at radius 3 is 2.81 bits per heavy atom. The van der Waals surface area contributed by atoms with E-state index in [1.54, 1.807) is 19.2 Å². The second-order valence-corrected chi connectivity index (χ2v) is 6.55. The van der Waals surface area contributed by atoms with Crippen molar-refractivity contribution in [1.82, 2.24) is 15.5 Å². The molecular weight excluding hydrogens is 369 g/mol. The minimum Gasteiger partial charge on any atom is -0.497 e. The minimum atomic E-state index is -0.335. The molecule has 140 valence electrons. The first-order chi connectivity index (χ1) is 13.1. The number of methoxy groups -OCH3 is 1. The molecule has 0 aliphatic heterocycles. The van der Waals surface area contributed by atoms with E-state index in [2.05, 4.69) is 15.5 Å². The summed E-state index contributed by atoms with van der Waals surface area (Å²) in [4.78, 5) is 12.0. The summed E-state index contributed by atoms with van der Waals surface area (Å²) in [7, 11) is 1.62. The topological polar surface area (TPSA) is 77.2 Å². The van der Waals surface area contributed by atoms with Gasteiger partial charge in [-0.25, -0.2) is 4.39 Å². The number of halogens is 1. The van der Waals surface area contributed by atoms with E-state index < -0.39 is 0 Å². The molecule has 3 aromatic rings. The summed E-state index contributed by atoms with van der Waals surface area (Å²) in [5, 5.41) is 10.9. The summed E-state index contributed by atoms with van der Waals surface area (Å²) in [6, 6.07) is 13.5. The van der Waals surface area contributed by atoms with Crippen LogP contribution in [0.25, 0.3) is 11.5 Å². The van der Waals surface area contributed by atoms with Crippen LogP contribution in [0.3, 0.4) is 0 Å². The average molecular weight is 387 g/mol. The van der Waals surface area contributed by atoms with Gasteiger partial charge in [-0.3, -0.25) is 4.79 Å². The SMILES string of the molecule is COc1cccc(CCNC(=O)CSc2nnc(-c3ccc(F)cc3)o2)c1. The number of ether oxygens (including phenoxy) is 1. The van der Waals surface area contributed by atoms with Crippen molar-refractivity contribution >= 4 is 17.7 Å². The number of thioether (sulfide) groups is 1. The monoisotopic (exact) mass is 387 g/mol. The molecule has 0 atom stereocenters. The van der Waals surface area contributed by atoms with E-state index in [0.717, 1.165) is 23.1 Å². The Morgan fingerprint density at radius 2 is 2.04 bits per heavy atom. The van der Waals surface area contributed by atoms with Gasteiger partial charge < -0.3 is 14.5 Å². The van der Waals surface area contributed by atoms with Gasteiger partial charge in [0.2, 0.25) is 11.8 Å². The van der Waals surface area contributed by atoms with E-state index in [-0.39, 0.29) is 28.6 Å². The van der Waals surface area contributed by atoms with Crippen LogP contribution in [0.1, 0.15) is 5.56 Å². The van der Waals surface area contributed by atoms with Crippen LogP contribution in [-0.4, -0.2) is 35.5 Å². The average Bonchev–Trinajstić information content (AvgIpc) is 3.16. The molecule has 0 radical (unpaired) electrons. The highest BCUT2D eigenvalue weighted by Gasteiger charge is 2.11. The summed E-state index contributed by atoms with van der Waals surface area (Å²) in [6.45, 7) is 0.525. The van der Waals surface area contributed by atoms with Crippen molar-refractivity contribution < 1.29 is 18.3 Å². The highest BCUT2D eigenvalue weighted by atomic mass is 32.2. The standard InChI is InChI=1S/C19H18FN3O3S/c1-25-16-4-2-3-13(11-16)9-10-21-17(24)12-27-19-23-22-18(26-19)14-5-7-15(20)8-6-14/h2-8,11H,9-10,12H2,1H3,(H,21,24). The third kappa shape index (κ3) is 5.55. The van der Waals surface area contributed by atoms with Crippen LogP contribution in [0, 0.1) is 5.82 Å². The number of carbonyl (C=O) groups is 1. The van der Waals surface area contributed by atoms with Gasteiger partial charge in [-0.1, -0.05) is 23.9 Å². The molecule has 0 unspecified atom stereocenters. The molecule has 2 aromatic carbocycles. The van der Waals surface area contributed by atoms with E-state index in [0.29, 0.717) is 18.5 Å². The van der Waals surface area contributed by atoms with Crippen LogP contribution in [-0.2, 0) is 11.2 Å². The molecule has 0 spiro atoms. The van der Waals surface area contributed by atoms with Crippen LogP contribution in [0.4, 0.5) is 4.39 Å². The molecule has 1 N–H and O–H groups in total. The lowest BCUT2D eigenvalue weighted by Gasteiger charge is -2.06. The molecule has 0 aliphatic carbocycles. The molecule has 6 nitrogen and oxygen atoms in total. The van der Waals surface area contributed by atoms with Crippen LogP contribution < -0.4 is 10.1 Å². The van der Waals surface area contributed by atoms with Crippen molar-refractivity contribution in [3.05, 3.63) is 59.9 Å². The summed E-state index contributed by atoms with van der Waals surface area (Å²) in [5.41, 5.74) is 1.71. The number of hydrogen-bond acceptors (Lipinski definition) is 6. The van der Waals surface area contributed by atoms with Gasteiger partial charge in [0.15, 0.2) is 0 Å². The fraction of sp³-hybridized carbons (Fsp3) is 0.211. The van der Waals surface area contributed by atoms with Gasteiger partial charge in [0.1, 0.15) is 11.6 Å². The summed E-state index contributed by atoms with van der Waals surface area (Å²) in [6.07, 6.45) is 0.711. The Morgan fingerprint density at radius 1 is 1.22 bits per heavy atom. The first-order valence-corrected chi connectivity index (χ1v) is 9.24. The molecule has 0 bridgehead atoms. The normalized spacial score (nSPS) is 10.6. The smallest absolute Gasteiger partial charge is 0.277 e. The largest absolute Gasteiger partial charge is 0.497 e. The van der Waals surface area contributed by atoms with Gasteiger partial charge in [-0.05, 0) is 48.4 Å². The number of carbonyl (C=O) groups excluding carboxylic acids is 1.